The molecule has 1 aliphatic rings. The summed E-state index contributed by atoms with van der Waals surface area (Å²) in [6, 6.07) is 5.40. The van der Waals surface area contributed by atoms with E-state index in [0.29, 0.717) is 18.5 Å². The van der Waals surface area contributed by atoms with E-state index in [0.717, 1.165) is 24.1 Å². The number of amides is 2. The molecule has 224 valence electrons. The maximum absolute atomic E-state index is 13.0. The molecule has 41 heavy (non-hydrogen) atoms. The molecule has 10 nitrogen and oxygen atoms in total. The number of benzene rings is 1. The predicted octanol–water partition coefficient (Wildman–Crippen LogP) is 4.84. The van der Waals surface area contributed by atoms with Gasteiger partial charge in [-0.15, -0.1) is 0 Å². The van der Waals surface area contributed by atoms with Crippen LogP contribution in [-0.2, 0) is 20.5 Å². The van der Waals surface area contributed by atoms with Crippen molar-refractivity contribution in [3.8, 4) is 0 Å². The quantitative estimate of drug-likeness (QED) is 0.327. The van der Waals surface area contributed by atoms with Gasteiger partial charge in [-0.3, -0.25) is 14.7 Å². The van der Waals surface area contributed by atoms with Crippen molar-refractivity contribution in [2.75, 3.05) is 25.5 Å². The number of halogens is 3. The summed E-state index contributed by atoms with van der Waals surface area (Å²) in [6.45, 7) is 8.34. The highest BCUT2D eigenvalue weighted by Gasteiger charge is 2.35. The molecule has 1 aliphatic heterocycles. The number of H-pyrrole nitrogens is 1. The van der Waals surface area contributed by atoms with Gasteiger partial charge < -0.3 is 20.4 Å². The highest BCUT2D eigenvalue weighted by Crippen LogP contribution is 2.32. The molecule has 2 aromatic rings. The Kier molecular flexibility index (Phi) is 10.2. The number of ether oxygens (including phenoxy) is 1. The van der Waals surface area contributed by atoms with Crippen LogP contribution in [0.5, 0.6) is 0 Å². The van der Waals surface area contributed by atoms with Crippen molar-refractivity contribution in [3.05, 3.63) is 53.9 Å². The second-order valence-corrected chi connectivity index (χ2v) is 11.1. The lowest BCUT2D eigenvalue weighted by Gasteiger charge is -2.36. The van der Waals surface area contributed by atoms with E-state index in [-0.39, 0.29) is 18.8 Å². The van der Waals surface area contributed by atoms with Crippen molar-refractivity contribution >= 4 is 29.2 Å². The topological polar surface area (TPSA) is 120 Å². The normalized spacial score (nSPS) is 15.7. The number of likely N-dealkylation sites (N-methyl/N-ethyl adjacent to an activating group) is 1. The highest BCUT2D eigenvalue weighted by molar-refractivity contribution is 6.42. The molecule has 0 spiro atoms. The number of aromatic amines is 1. The number of hydrogen-bond acceptors (Lipinski definition) is 7. The Morgan fingerprint density at radius 1 is 1.12 bits per heavy atom. The average molecular weight is 579 g/mol. The molecule has 2 amide bonds. The number of nitrogens with zero attached hydrogens (tertiary/aromatic N) is 3. The number of carbonyl (C=O) groups excluding carboxylic acids is 3. The first-order chi connectivity index (χ1) is 19.2. The molecule has 0 saturated carbocycles. The maximum Gasteiger partial charge on any atom is 0.416 e. The molecule has 13 heteroatoms. The van der Waals surface area contributed by atoms with Crippen molar-refractivity contribution in [2.45, 2.75) is 65.3 Å². The fraction of sp³-hybridized carbons (Fsp3) is 0.500. The average Bonchev–Trinajstić information content (AvgIpc) is 3.54. The number of unbranched alkanes of at least 4 members (excludes halogenated alkanes) is 1. The fourth-order valence-electron chi connectivity index (χ4n) is 4.20. The van der Waals surface area contributed by atoms with Crippen LogP contribution in [0.25, 0.3) is 5.57 Å². The molecule has 0 radical (unpaired) electrons. The SMILES string of the molecule is CCCC[C@H](NC(=O)O[C@H](CN1C=C(c2ccc(C(F)(F)F)cc2)CN1C)C(C)(C)C)C(=O)C(=O)Nc1ccn[nH]1. The summed E-state index contributed by atoms with van der Waals surface area (Å²) >= 11 is 0. The van der Waals surface area contributed by atoms with E-state index in [1.807, 2.05) is 51.0 Å². The van der Waals surface area contributed by atoms with Crippen LogP contribution in [0.15, 0.2) is 42.7 Å². The summed E-state index contributed by atoms with van der Waals surface area (Å²) in [4.78, 5) is 38.3. The predicted molar refractivity (Wildman–Crippen MR) is 147 cm³/mol. The number of anilines is 1. The number of alkyl halides is 3. The fourth-order valence-corrected chi connectivity index (χ4v) is 4.20. The molecule has 1 aromatic heterocycles. The van der Waals surface area contributed by atoms with Gasteiger partial charge in [0.15, 0.2) is 0 Å². The van der Waals surface area contributed by atoms with Crippen molar-refractivity contribution in [2.24, 2.45) is 5.41 Å². The second-order valence-electron chi connectivity index (χ2n) is 11.1. The smallest absolute Gasteiger partial charge is 0.416 e. The summed E-state index contributed by atoms with van der Waals surface area (Å²) in [5, 5.41) is 15.0. The van der Waals surface area contributed by atoms with Crippen LogP contribution in [0, 0.1) is 5.41 Å². The van der Waals surface area contributed by atoms with Crippen LogP contribution in [0.4, 0.5) is 23.8 Å². The van der Waals surface area contributed by atoms with Gasteiger partial charge in [-0.1, -0.05) is 52.7 Å². The molecule has 2 heterocycles. The third-order valence-corrected chi connectivity index (χ3v) is 6.72. The van der Waals surface area contributed by atoms with E-state index in [9.17, 15) is 27.6 Å². The number of aromatic nitrogens is 2. The van der Waals surface area contributed by atoms with Gasteiger partial charge in [0.1, 0.15) is 18.0 Å². The van der Waals surface area contributed by atoms with Crippen LogP contribution in [0.2, 0.25) is 0 Å². The Bertz CT molecular complexity index is 1220. The first-order valence-electron chi connectivity index (χ1n) is 13.4. The first kappa shape index (κ1) is 31.7. The van der Waals surface area contributed by atoms with Crippen molar-refractivity contribution in [1.82, 2.24) is 25.5 Å². The minimum atomic E-state index is -4.41. The third-order valence-electron chi connectivity index (χ3n) is 6.72. The minimum Gasteiger partial charge on any atom is -0.444 e. The largest absolute Gasteiger partial charge is 0.444 e. The third kappa shape index (κ3) is 8.81. The Balaban J connectivity index is 1.69. The maximum atomic E-state index is 13.0. The molecule has 0 aliphatic carbocycles. The lowest BCUT2D eigenvalue weighted by atomic mass is 9.89. The first-order valence-corrected chi connectivity index (χ1v) is 13.4. The zero-order valence-electron chi connectivity index (χ0n) is 23.8. The standard InChI is InChI=1S/C28H37F3N6O4/c1-6-7-8-21(24(38)25(39)34-23-13-14-32-35-23)33-26(40)41-22(27(2,3)4)17-37-16-19(15-36(37)5)18-9-11-20(12-10-18)28(29,30)31/h9-14,16,21-22H,6-8,15,17H2,1-5H3,(H,33,40)(H2,32,34,35,39)/t21-,22+/m0/s1. The zero-order valence-corrected chi connectivity index (χ0v) is 23.8. The Labute approximate surface area is 237 Å². The number of nitrogens with one attached hydrogen (secondary N) is 3. The molecule has 3 rings (SSSR count). The summed E-state index contributed by atoms with van der Waals surface area (Å²) in [7, 11) is 1.82. The molecule has 0 unspecified atom stereocenters. The van der Waals surface area contributed by atoms with Gasteiger partial charge in [0.2, 0.25) is 5.78 Å². The van der Waals surface area contributed by atoms with Crippen molar-refractivity contribution in [3.63, 3.8) is 0 Å². The van der Waals surface area contributed by atoms with Crippen LogP contribution in [0.3, 0.4) is 0 Å². The number of alkyl carbamates (subject to hydrolysis) is 1. The summed E-state index contributed by atoms with van der Waals surface area (Å²) in [5.74, 6) is -1.44. The Hall–Kier alpha value is -3.87. The van der Waals surface area contributed by atoms with Crippen molar-refractivity contribution < 1.29 is 32.3 Å². The van der Waals surface area contributed by atoms with Crippen LogP contribution in [0.1, 0.15) is 58.1 Å². The molecule has 3 N–H and O–H groups in total. The van der Waals surface area contributed by atoms with Gasteiger partial charge in [-0.05, 0) is 29.7 Å². The lowest BCUT2D eigenvalue weighted by molar-refractivity contribution is -0.137. The molecule has 1 aromatic carbocycles. The van der Waals surface area contributed by atoms with E-state index in [2.05, 4.69) is 20.8 Å². The van der Waals surface area contributed by atoms with E-state index >= 15 is 0 Å². The van der Waals surface area contributed by atoms with E-state index < -0.39 is 47.1 Å². The summed E-state index contributed by atoms with van der Waals surface area (Å²) in [5.41, 5.74) is 0.243. The number of hydrogen-bond donors (Lipinski definition) is 3. The zero-order chi connectivity index (χ0) is 30.4. The molecule has 0 bridgehead atoms. The molecule has 2 atom stereocenters. The highest BCUT2D eigenvalue weighted by atomic mass is 19.4. The molecular formula is C28H37F3N6O4. The van der Waals surface area contributed by atoms with Gasteiger partial charge in [0.05, 0.1) is 18.3 Å². The van der Waals surface area contributed by atoms with Gasteiger partial charge in [0, 0.05) is 31.3 Å². The Morgan fingerprint density at radius 2 is 1.80 bits per heavy atom. The molecule has 0 saturated heterocycles. The van der Waals surface area contributed by atoms with Gasteiger partial charge >= 0.3 is 12.3 Å². The summed E-state index contributed by atoms with van der Waals surface area (Å²) in [6.07, 6.45) is -1.03. The van der Waals surface area contributed by atoms with Gasteiger partial charge in [0.25, 0.3) is 5.91 Å². The van der Waals surface area contributed by atoms with E-state index in [1.54, 1.807) is 0 Å². The monoisotopic (exact) mass is 578 g/mol. The number of ketones is 1. The number of rotatable bonds is 11. The van der Waals surface area contributed by atoms with Crippen LogP contribution in [-0.4, -0.2) is 70.3 Å². The minimum absolute atomic E-state index is 0.255. The number of carbonyl (C=O) groups is 3. The number of hydrazine groups is 1. The van der Waals surface area contributed by atoms with Gasteiger partial charge in [-0.25, -0.2) is 9.80 Å². The van der Waals surface area contributed by atoms with E-state index in [1.165, 1.54) is 24.4 Å². The number of Topliss-reactive ketones (excluding diaryl/α,β-unsaturated/α-hetero) is 1. The van der Waals surface area contributed by atoms with Crippen LogP contribution >= 0.6 is 0 Å². The van der Waals surface area contributed by atoms with Gasteiger partial charge in [-0.2, -0.15) is 18.3 Å². The van der Waals surface area contributed by atoms with Crippen LogP contribution < -0.4 is 10.6 Å². The molecular weight excluding hydrogens is 541 g/mol. The molecule has 0 fully saturated rings. The summed E-state index contributed by atoms with van der Waals surface area (Å²) < 4.78 is 44.7. The lowest BCUT2D eigenvalue weighted by Crippen LogP contribution is -2.50. The van der Waals surface area contributed by atoms with Crippen molar-refractivity contribution in [1.29, 1.82) is 0 Å². The second kappa shape index (κ2) is 13.2. The van der Waals surface area contributed by atoms with E-state index in [4.69, 9.17) is 4.74 Å². The Morgan fingerprint density at radius 3 is 2.37 bits per heavy atom.